The average molecular weight is 518 g/mol. The summed E-state index contributed by atoms with van der Waals surface area (Å²) in [7, 11) is 3.59. The minimum absolute atomic E-state index is 0.210. The number of fused-ring (bicyclic) bond motifs is 1. The second kappa shape index (κ2) is 12.0. The highest BCUT2D eigenvalue weighted by molar-refractivity contribution is 6.33. The molecule has 192 valence electrons. The van der Waals surface area contributed by atoms with Gasteiger partial charge in [0.25, 0.3) is 11.8 Å². The number of hydrogen-bond donors (Lipinski definition) is 1. The van der Waals surface area contributed by atoms with Gasteiger partial charge in [-0.05, 0) is 55.1 Å². The lowest BCUT2D eigenvalue weighted by Crippen LogP contribution is -2.33. The first kappa shape index (κ1) is 26.4. The number of anilines is 2. The topological polar surface area (TPSA) is 70.6 Å². The fourth-order valence-electron chi connectivity index (χ4n) is 4.13. The normalized spacial score (nSPS) is 11.1. The van der Waals surface area contributed by atoms with Crippen LogP contribution in [-0.2, 0) is 0 Å². The second-order valence-corrected chi connectivity index (χ2v) is 9.13. The van der Waals surface area contributed by atoms with E-state index in [1.807, 2.05) is 55.6 Å². The highest BCUT2D eigenvalue weighted by Gasteiger charge is 2.16. The number of amides is 1. The first-order chi connectivity index (χ1) is 17.9. The molecule has 0 saturated carbocycles. The van der Waals surface area contributed by atoms with Crippen LogP contribution in [-0.4, -0.2) is 61.1 Å². The van der Waals surface area contributed by atoms with Gasteiger partial charge in [-0.15, -0.1) is 0 Å². The Morgan fingerprint density at radius 3 is 2.35 bits per heavy atom. The van der Waals surface area contributed by atoms with Crippen LogP contribution in [0.2, 0.25) is 5.02 Å². The molecule has 0 aliphatic heterocycles. The molecule has 3 aromatic carbocycles. The molecule has 1 heterocycles. The first-order valence-electron chi connectivity index (χ1n) is 12.4. The maximum atomic E-state index is 12.9. The molecule has 0 aliphatic rings. The zero-order valence-corrected chi connectivity index (χ0v) is 22.4. The summed E-state index contributed by atoms with van der Waals surface area (Å²) >= 11 is 6.30. The van der Waals surface area contributed by atoms with Crippen molar-refractivity contribution in [2.75, 3.05) is 50.6 Å². The van der Waals surface area contributed by atoms with E-state index < -0.39 is 0 Å². The van der Waals surface area contributed by atoms with Gasteiger partial charge in [0, 0.05) is 42.0 Å². The van der Waals surface area contributed by atoms with Gasteiger partial charge in [-0.3, -0.25) is 4.79 Å². The molecule has 0 unspecified atom stereocenters. The van der Waals surface area contributed by atoms with Crippen LogP contribution in [0.25, 0.3) is 22.2 Å². The molecule has 4 aromatic rings. The molecule has 0 saturated heterocycles. The Bertz CT molecular complexity index is 1370. The van der Waals surface area contributed by atoms with Gasteiger partial charge < -0.3 is 19.9 Å². The summed E-state index contributed by atoms with van der Waals surface area (Å²) in [5, 5.41) is 3.62. The molecule has 7 nitrogen and oxygen atoms in total. The fourth-order valence-corrected chi connectivity index (χ4v) is 4.37. The van der Waals surface area contributed by atoms with Gasteiger partial charge in [-0.1, -0.05) is 55.8 Å². The van der Waals surface area contributed by atoms with Crippen LogP contribution in [0.15, 0.2) is 66.7 Å². The lowest BCUT2D eigenvalue weighted by molar-refractivity contribution is 0.102. The van der Waals surface area contributed by atoms with Crippen molar-refractivity contribution in [3.8, 4) is 17.0 Å². The number of methoxy groups -OCH3 is 1. The molecule has 37 heavy (non-hydrogen) atoms. The summed E-state index contributed by atoms with van der Waals surface area (Å²) < 4.78 is 5.55. The van der Waals surface area contributed by atoms with Crippen LogP contribution in [0.1, 0.15) is 24.2 Å². The molecule has 0 radical (unpaired) electrons. The van der Waals surface area contributed by atoms with E-state index in [0.29, 0.717) is 33.5 Å². The second-order valence-electron chi connectivity index (χ2n) is 8.72. The van der Waals surface area contributed by atoms with Crippen molar-refractivity contribution in [1.82, 2.24) is 14.9 Å². The zero-order valence-electron chi connectivity index (χ0n) is 21.7. The molecule has 0 bridgehead atoms. The predicted octanol–water partition coefficient (Wildman–Crippen LogP) is 5.99. The summed E-state index contributed by atoms with van der Waals surface area (Å²) in [6.45, 7) is 8.06. The number of nitrogens with one attached hydrogen (secondary N) is 1. The van der Waals surface area contributed by atoms with Crippen LogP contribution < -0.4 is 15.0 Å². The van der Waals surface area contributed by atoms with Crippen LogP contribution in [0.3, 0.4) is 0 Å². The Balaban J connectivity index is 1.50. The van der Waals surface area contributed by atoms with Crippen LogP contribution in [0, 0.1) is 0 Å². The monoisotopic (exact) mass is 517 g/mol. The van der Waals surface area contributed by atoms with Crippen molar-refractivity contribution in [3.05, 3.63) is 77.3 Å². The first-order valence-corrected chi connectivity index (χ1v) is 12.8. The van der Waals surface area contributed by atoms with E-state index in [0.717, 1.165) is 42.8 Å². The molecule has 0 aliphatic carbocycles. The van der Waals surface area contributed by atoms with E-state index in [-0.39, 0.29) is 5.91 Å². The lowest BCUT2D eigenvalue weighted by atomic mass is 10.0. The van der Waals surface area contributed by atoms with Gasteiger partial charge in [-0.2, -0.15) is 0 Å². The zero-order chi connectivity index (χ0) is 26.4. The van der Waals surface area contributed by atoms with Crippen molar-refractivity contribution < 1.29 is 9.53 Å². The maximum Gasteiger partial charge on any atom is 0.257 e. The molecule has 0 spiro atoms. The van der Waals surface area contributed by atoms with Crippen LogP contribution in [0.4, 0.5) is 11.5 Å². The molecule has 0 fully saturated rings. The molecule has 1 aromatic heterocycles. The molecule has 0 atom stereocenters. The molecular formula is C29H32ClN5O2. The fraction of sp³-hybridized carbons (Fsp3) is 0.276. The van der Waals surface area contributed by atoms with Crippen LogP contribution >= 0.6 is 11.6 Å². The summed E-state index contributed by atoms with van der Waals surface area (Å²) in [6, 6.07) is 20.5. The highest BCUT2D eigenvalue weighted by atomic mass is 35.5. The smallest absolute Gasteiger partial charge is 0.257 e. The maximum absolute atomic E-state index is 12.9. The third kappa shape index (κ3) is 6.18. The van der Waals surface area contributed by atoms with Crippen molar-refractivity contribution in [2.24, 2.45) is 0 Å². The number of aromatic nitrogens is 2. The van der Waals surface area contributed by atoms with Gasteiger partial charge in [0.05, 0.1) is 18.1 Å². The van der Waals surface area contributed by atoms with Gasteiger partial charge in [0.1, 0.15) is 0 Å². The molecule has 1 N–H and O–H groups in total. The van der Waals surface area contributed by atoms with E-state index in [9.17, 15) is 4.79 Å². The highest BCUT2D eigenvalue weighted by Crippen LogP contribution is 2.29. The minimum Gasteiger partial charge on any atom is -0.478 e. The summed E-state index contributed by atoms with van der Waals surface area (Å²) in [4.78, 5) is 26.8. The standard InChI is InChI=1S/C29H32ClN5O2/c1-5-35(6-2)18-17-34(3)27-29(37-4)33-26-19-22(15-16-25(26)32-27)31-28(36)21-13-11-20(12-14-21)23-9-7-8-10-24(23)30/h7-16,19H,5-6,17-18H2,1-4H3,(H,31,36). The van der Waals surface area contributed by atoms with Crippen molar-refractivity contribution in [2.45, 2.75) is 13.8 Å². The number of benzene rings is 3. The number of ether oxygens (including phenoxy) is 1. The van der Waals surface area contributed by atoms with Crippen LogP contribution in [0.5, 0.6) is 5.88 Å². The van der Waals surface area contributed by atoms with Crippen molar-refractivity contribution in [3.63, 3.8) is 0 Å². The summed E-state index contributed by atoms with van der Waals surface area (Å²) in [6.07, 6.45) is 0. The third-order valence-electron chi connectivity index (χ3n) is 6.41. The summed E-state index contributed by atoms with van der Waals surface area (Å²) in [5.41, 5.74) is 4.43. The Morgan fingerprint density at radius 1 is 0.946 bits per heavy atom. The van der Waals surface area contributed by atoms with E-state index in [1.54, 1.807) is 25.3 Å². The Morgan fingerprint density at radius 2 is 1.68 bits per heavy atom. The van der Waals surface area contributed by atoms with E-state index in [1.165, 1.54) is 0 Å². The number of rotatable bonds is 10. The number of halogens is 1. The quantitative estimate of drug-likeness (QED) is 0.278. The van der Waals surface area contributed by atoms with E-state index in [2.05, 4.69) is 33.9 Å². The number of likely N-dealkylation sites (N-methyl/N-ethyl adjacent to an activating group) is 2. The van der Waals surface area contributed by atoms with Gasteiger partial charge in [-0.25, -0.2) is 9.97 Å². The number of carbonyl (C=O) groups excluding carboxylic acids is 1. The van der Waals surface area contributed by atoms with Crippen molar-refractivity contribution in [1.29, 1.82) is 0 Å². The Labute approximate surface area is 223 Å². The molecular weight excluding hydrogens is 486 g/mol. The average Bonchev–Trinajstić information content (AvgIpc) is 2.93. The molecule has 4 rings (SSSR count). The predicted molar refractivity (Wildman–Crippen MR) is 152 cm³/mol. The number of nitrogens with zero attached hydrogens (tertiary/aromatic N) is 4. The van der Waals surface area contributed by atoms with Gasteiger partial charge >= 0.3 is 0 Å². The molecule has 8 heteroatoms. The largest absolute Gasteiger partial charge is 0.478 e. The number of hydrogen-bond acceptors (Lipinski definition) is 6. The van der Waals surface area contributed by atoms with E-state index in [4.69, 9.17) is 21.3 Å². The third-order valence-corrected chi connectivity index (χ3v) is 6.74. The summed E-state index contributed by atoms with van der Waals surface area (Å²) in [5.74, 6) is 0.934. The van der Waals surface area contributed by atoms with E-state index >= 15 is 0 Å². The SMILES string of the molecule is CCN(CC)CCN(C)c1nc2ccc(NC(=O)c3ccc(-c4ccccc4Cl)cc3)cc2nc1OC. The van der Waals surface area contributed by atoms with Crippen molar-refractivity contribution >= 4 is 40.0 Å². The lowest BCUT2D eigenvalue weighted by Gasteiger charge is -2.24. The van der Waals surface area contributed by atoms with Gasteiger partial charge in [0.15, 0.2) is 5.82 Å². The number of carbonyl (C=O) groups is 1. The Kier molecular flexibility index (Phi) is 8.58. The molecule has 1 amide bonds. The minimum atomic E-state index is -0.210. The Hall–Kier alpha value is -3.68. The van der Waals surface area contributed by atoms with Gasteiger partial charge in [0.2, 0.25) is 0 Å².